The number of thiazole rings is 1. The van der Waals surface area contributed by atoms with Crippen LogP contribution in [-0.4, -0.2) is 97.9 Å². The van der Waals surface area contributed by atoms with Crippen LogP contribution in [0.25, 0.3) is 0 Å². The number of benzene rings is 2. The number of esters is 2. The molecule has 6 rings (SSSR count). The van der Waals surface area contributed by atoms with Crippen LogP contribution in [0.5, 0.6) is 0 Å². The molecular weight excluding hydrogens is 813 g/mol. The predicted octanol–water partition coefficient (Wildman–Crippen LogP) is 3.22. The van der Waals surface area contributed by atoms with E-state index in [0.29, 0.717) is 10.5 Å². The molecule has 0 radical (unpaired) electrons. The van der Waals surface area contributed by atoms with Gasteiger partial charge >= 0.3 is 18.0 Å². The lowest BCUT2D eigenvalue weighted by Gasteiger charge is -2.43. The Morgan fingerprint density at radius 1 is 1.03 bits per heavy atom. The Bertz CT molecular complexity index is 2140. The van der Waals surface area contributed by atoms with E-state index in [4.69, 9.17) is 30.5 Å². The number of nitrogens with one attached hydrogen (secondary N) is 1. The first-order valence-corrected chi connectivity index (χ1v) is 20.1. The first kappa shape index (κ1) is 42.5. The molecule has 1 aromatic heterocycles. The fourth-order valence-electron chi connectivity index (χ4n) is 6.65. The van der Waals surface area contributed by atoms with Crippen LogP contribution in [0.2, 0.25) is 0 Å². The number of amides is 4. The normalized spacial score (nSPS) is 19.8. The maximum atomic E-state index is 13.5. The van der Waals surface area contributed by atoms with Crippen molar-refractivity contribution < 1.29 is 52.7 Å². The summed E-state index contributed by atoms with van der Waals surface area (Å²) < 4.78 is 14.8. The standard InChI is InChI=1S/C37H40N8O12S2/c1-37(2)29(44-31(48)28(32(44)59-37)41-30(47)27(25-18-58-35(39)40-25)42-57-24-6-4-3-5-7-24)34(50)56-19-55-33(49)21-10-14-22(15-11-21)43(26(46)16-38)36(51)54-17-20-8-12-23(13-9-20)45(52)53/h8-15,18,24,28-29,32H,3-7,16-17,19,38H2,1-2H3,(H2,39,40)(H,41,47)/b42-27-/t28-,29-,32+/m0/s1. The summed E-state index contributed by atoms with van der Waals surface area (Å²) in [5, 5.41) is 18.9. The number of oxime groups is 1. The number of hydrogen-bond acceptors (Lipinski definition) is 18. The number of nitro groups is 1. The summed E-state index contributed by atoms with van der Waals surface area (Å²) in [7, 11) is 0. The second kappa shape index (κ2) is 18.2. The van der Waals surface area contributed by atoms with Gasteiger partial charge in [-0.3, -0.25) is 24.5 Å². The summed E-state index contributed by atoms with van der Waals surface area (Å²) in [5.74, 6) is -3.77. The number of β-lactam (4-membered cyclic amide) rings is 1. The number of thioether (sulfide) groups is 1. The molecular formula is C37H40N8O12S2. The van der Waals surface area contributed by atoms with Crippen molar-refractivity contribution in [3.8, 4) is 0 Å². The van der Waals surface area contributed by atoms with Crippen LogP contribution < -0.4 is 21.7 Å². The molecule has 20 nitrogen and oxygen atoms in total. The quantitative estimate of drug-likeness (QED) is 0.0524. The third-order valence-electron chi connectivity index (χ3n) is 9.64. The van der Waals surface area contributed by atoms with Gasteiger partial charge in [0.1, 0.15) is 35.9 Å². The summed E-state index contributed by atoms with van der Waals surface area (Å²) in [5.41, 5.74) is 11.7. The van der Waals surface area contributed by atoms with Crippen molar-refractivity contribution in [1.29, 1.82) is 0 Å². The lowest BCUT2D eigenvalue weighted by Crippen LogP contribution is -2.71. The van der Waals surface area contributed by atoms with Gasteiger partial charge < -0.3 is 40.7 Å². The zero-order valence-electron chi connectivity index (χ0n) is 31.8. The molecule has 0 unspecified atom stereocenters. The van der Waals surface area contributed by atoms with Crippen molar-refractivity contribution in [1.82, 2.24) is 15.2 Å². The lowest BCUT2D eigenvalue weighted by molar-refractivity contribution is -0.384. The van der Waals surface area contributed by atoms with Crippen LogP contribution in [0.1, 0.15) is 67.6 Å². The molecule has 312 valence electrons. The highest BCUT2D eigenvalue weighted by molar-refractivity contribution is 8.01. The fourth-order valence-corrected chi connectivity index (χ4v) is 8.82. The Labute approximate surface area is 344 Å². The van der Waals surface area contributed by atoms with Crippen LogP contribution >= 0.6 is 23.1 Å². The summed E-state index contributed by atoms with van der Waals surface area (Å²) >= 11 is 2.42. The van der Waals surface area contributed by atoms with Gasteiger partial charge in [0.2, 0.25) is 18.6 Å². The monoisotopic (exact) mass is 852 g/mol. The summed E-state index contributed by atoms with van der Waals surface area (Å²) in [6.07, 6.45) is 3.47. The molecule has 5 N–H and O–H groups in total. The SMILES string of the molecule is CC1(C)S[C@@H]2[C@@H](NC(=O)/C(=N\OC3CCCCC3)c3csc(N)n3)C(=O)N2[C@H]1C(=O)OCOC(=O)c1ccc(N(C(=O)CN)C(=O)OCc2ccc([N+](=O)[O-])cc2)cc1. The molecule has 0 spiro atoms. The van der Waals surface area contributed by atoms with Crippen molar-refractivity contribution in [3.63, 3.8) is 0 Å². The highest BCUT2D eigenvalue weighted by Gasteiger charge is 2.64. The molecule has 59 heavy (non-hydrogen) atoms. The second-order valence-electron chi connectivity index (χ2n) is 14.1. The first-order valence-electron chi connectivity index (χ1n) is 18.3. The number of nitro benzene ring substituents is 1. The Morgan fingerprint density at radius 3 is 2.36 bits per heavy atom. The zero-order valence-corrected chi connectivity index (χ0v) is 33.4. The molecule has 2 saturated heterocycles. The van der Waals surface area contributed by atoms with Gasteiger partial charge in [-0.1, -0.05) is 11.6 Å². The van der Waals surface area contributed by atoms with Gasteiger partial charge in [-0.2, -0.15) is 0 Å². The number of fused-ring (bicyclic) bond motifs is 1. The van der Waals surface area contributed by atoms with Gasteiger partial charge in [0.25, 0.3) is 11.6 Å². The highest BCUT2D eigenvalue weighted by atomic mass is 32.2. The van der Waals surface area contributed by atoms with Crippen molar-refractivity contribution >= 4 is 81.1 Å². The van der Waals surface area contributed by atoms with Gasteiger partial charge in [0.15, 0.2) is 10.8 Å². The van der Waals surface area contributed by atoms with Crippen molar-refractivity contribution in [3.05, 3.63) is 80.8 Å². The van der Waals surface area contributed by atoms with Gasteiger partial charge in [-0.05, 0) is 81.5 Å². The summed E-state index contributed by atoms with van der Waals surface area (Å²) in [6, 6.07) is 8.27. The maximum absolute atomic E-state index is 13.5. The smallest absolute Gasteiger partial charge is 0.421 e. The number of rotatable bonds is 14. The number of anilines is 2. The molecule has 3 fully saturated rings. The molecule has 3 heterocycles. The number of nitrogen functional groups attached to an aromatic ring is 1. The number of nitrogens with zero attached hydrogens (tertiary/aromatic N) is 5. The number of carbonyl (C=O) groups excluding carboxylic acids is 6. The number of non-ortho nitro benzene ring substituents is 1. The molecule has 3 aromatic rings. The molecule has 0 bridgehead atoms. The Balaban J connectivity index is 1.02. The number of imide groups is 1. The van der Waals surface area contributed by atoms with Gasteiger partial charge in [-0.25, -0.2) is 24.3 Å². The average molecular weight is 853 g/mol. The maximum Gasteiger partial charge on any atom is 0.421 e. The molecule has 22 heteroatoms. The molecule has 1 saturated carbocycles. The van der Waals surface area contributed by atoms with E-state index in [0.717, 1.165) is 43.4 Å². The minimum Gasteiger partial charge on any atom is -0.444 e. The van der Waals surface area contributed by atoms with E-state index in [1.165, 1.54) is 65.2 Å². The van der Waals surface area contributed by atoms with E-state index in [1.54, 1.807) is 19.2 Å². The molecule has 3 atom stereocenters. The Morgan fingerprint density at radius 2 is 1.73 bits per heavy atom. The minimum atomic E-state index is -1.08. The summed E-state index contributed by atoms with van der Waals surface area (Å²) in [4.78, 5) is 101. The van der Waals surface area contributed by atoms with E-state index in [-0.39, 0.29) is 46.2 Å². The van der Waals surface area contributed by atoms with Crippen molar-refractivity contribution in [2.24, 2.45) is 10.9 Å². The number of ether oxygens (including phenoxy) is 3. The topological polar surface area (TPSA) is 278 Å². The minimum absolute atomic E-state index is 0.0190. The molecule has 3 aliphatic rings. The number of carbonyl (C=O) groups is 6. The highest BCUT2D eigenvalue weighted by Crippen LogP contribution is 2.51. The van der Waals surface area contributed by atoms with E-state index in [9.17, 15) is 38.9 Å². The third kappa shape index (κ3) is 9.61. The number of hydrogen-bond donors (Lipinski definition) is 3. The van der Waals surface area contributed by atoms with Gasteiger partial charge in [0, 0.05) is 22.3 Å². The Hall–Kier alpha value is -6.13. The van der Waals surface area contributed by atoms with E-state index in [1.807, 2.05) is 0 Å². The third-order valence-corrected chi connectivity index (χ3v) is 11.9. The van der Waals surface area contributed by atoms with Crippen LogP contribution in [0.3, 0.4) is 0 Å². The van der Waals surface area contributed by atoms with Crippen molar-refractivity contribution in [2.75, 3.05) is 24.0 Å². The number of nitrogens with two attached hydrogens (primary N) is 2. The Kier molecular flexibility index (Phi) is 13.1. The second-order valence-corrected chi connectivity index (χ2v) is 16.7. The van der Waals surface area contributed by atoms with Crippen LogP contribution in [-0.2, 0) is 44.8 Å². The van der Waals surface area contributed by atoms with E-state index in [2.05, 4.69) is 15.5 Å². The van der Waals surface area contributed by atoms with Gasteiger partial charge in [-0.15, -0.1) is 23.1 Å². The van der Waals surface area contributed by atoms with E-state index >= 15 is 0 Å². The summed E-state index contributed by atoms with van der Waals surface area (Å²) in [6.45, 7) is 1.84. The number of aromatic nitrogens is 1. The van der Waals surface area contributed by atoms with Gasteiger partial charge in [0.05, 0.1) is 22.7 Å². The zero-order chi connectivity index (χ0) is 42.4. The lowest BCUT2D eigenvalue weighted by atomic mass is 9.96. The van der Waals surface area contributed by atoms with Crippen LogP contribution in [0.4, 0.5) is 21.3 Å². The fraction of sp³-hybridized carbons (Fsp3) is 0.405. The molecule has 2 aliphatic heterocycles. The van der Waals surface area contributed by atoms with Crippen LogP contribution in [0, 0.1) is 10.1 Å². The molecule has 1 aliphatic carbocycles. The van der Waals surface area contributed by atoms with Crippen molar-refractivity contribution in [2.45, 2.75) is 80.9 Å². The van der Waals surface area contributed by atoms with Crippen LogP contribution in [0.15, 0.2) is 59.1 Å². The molecule has 4 amide bonds. The predicted molar refractivity (Wildman–Crippen MR) is 212 cm³/mol. The van der Waals surface area contributed by atoms with E-state index < -0.39 is 76.2 Å². The largest absolute Gasteiger partial charge is 0.444 e. The average Bonchev–Trinajstić information content (AvgIpc) is 3.77. The molecule has 2 aromatic carbocycles. The first-order chi connectivity index (χ1) is 28.2.